The number of phosphoric ester groups is 1. The van der Waals surface area contributed by atoms with Crippen molar-refractivity contribution < 1.29 is 23.3 Å². The van der Waals surface area contributed by atoms with Crippen molar-refractivity contribution in [3.05, 3.63) is 64.5 Å². The molecule has 7 heteroatoms. The van der Waals surface area contributed by atoms with Crippen LogP contribution in [0.4, 0.5) is 0 Å². The molecule has 0 fully saturated rings. The predicted molar refractivity (Wildman–Crippen MR) is 85.3 cm³/mol. The summed E-state index contributed by atoms with van der Waals surface area (Å²) in [5, 5.41) is 0.659. The minimum Gasteiger partial charge on any atom is -0.422 e. The number of benzene rings is 2. The minimum atomic E-state index is -4.69. The molecule has 6 nitrogen and oxygen atoms in total. The Bertz CT molecular complexity index is 971. The van der Waals surface area contributed by atoms with Gasteiger partial charge in [-0.15, -0.1) is 0 Å². The fourth-order valence-electron chi connectivity index (χ4n) is 2.43. The van der Waals surface area contributed by atoms with Crippen molar-refractivity contribution in [3.8, 4) is 16.9 Å². The van der Waals surface area contributed by atoms with E-state index in [-0.39, 0.29) is 11.3 Å². The van der Waals surface area contributed by atoms with Gasteiger partial charge < -0.3 is 8.94 Å². The van der Waals surface area contributed by atoms with Crippen molar-refractivity contribution in [1.29, 1.82) is 0 Å². The highest BCUT2D eigenvalue weighted by atomic mass is 31.2. The minimum absolute atomic E-state index is 0.0285. The Morgan fingerprint density at radius 3 is 2.43 bits per heavy atom. The quantitative estimate of drug-likeness (QED) is 0.564. The van der Waals surface area contributed by atoms with Crippen LogP contribution in [0.25, 0.3) is 22.1 Å². The lowest BCUT2D eigenvalue weighted by molar-refractivity contribution is 0.282. The number of fused-ring (bicyclic) bond motifs is 1. The van der Waals surface area contributed by atoms with Gasteiger partial charge in [0.2, 0.25) is 0 Å². The summed E-state index contributed by atoms with van der Waals surface area (Å²) in [6.45, 7) is 1.57. The fraction of sp³-hybridized carbons (Fsp3) is 0.0625. The Balaban J connectivity index is 2.28. The lowest BCUT2D eigenvalue weighted by Crippen LogP contribution is -2.00. The van der Waals surface area contributed by atoms with Gasteiger partial charge in [-0.2, -0.15) is 0 Å². The number of hydrogen-bond donors (Lipinski definition) is 2. The van der Waals surface area contributed by atoms with E-state index in [9.17, 15) is 9.36 Å². The average Bonchev–Trinajstić information content (AvgIpc) is 2.49. The van der Waals surface area contributed by atoms with Gasteiger partial charge in [-0.25, -0.2) is 9.36 Å². The van der Waals surface area contributed by atoms with E-state index in [2.05, 4.69) is 4.52 Å². The van der Waals surface area contributed by atoms with Crippen LogP contribution >= 0.6 is 7.82 Å². The van der Waals surface area contributed by atoms with E-state index in [1.807, 2.05) is 30.3 Å². The maximum Gasteiger partial charge on any atom is 0.524 e. The van der Waals surface area contributed by atoms with Gasteiger partial charge in [0, 0.05) is 17.0 Å². The largest absolute Gasteiger partial charge is 0.524 e. The molecule has 118 valence electrons. The van der Waals surface area contributed by atoms with E-state index in [1.165, 1.54) is 12.1 Å². The van der Waals surface area contributed by atoms with E-state index in [1.54, 1.807) is 13.0 Å². The standard InChI is InChI=1S/C16H13O6P/c1-10-14(22-23(18,19)20)8-7-12-13(9-15(17)21-16(10)12)11-5-3-2-4-6-11/h2-9H,1H3,(H2,18,19,20). The molecule has 1 heterocycles. The van der Waals surface area contributed by atoms with Crippen molar-refractivity contribution in [1.82, 2.24) is 0 Å². The van der Waals surface area contributed by atoms with Crippen molar-refractivity contribution in [3.63, 3.8) is 0 Å². The zero-order valence-electron chi connectivity index (χ0n) is 12.1. The second kappa shape index (κ2) is 5.66. The highest BCUT2D eigenvalue weighted by Gasteiger charge is 2.20. The summed E-state index contributed by atoms with van der Waals surface area (Å²) in [6.07, 6.45) is 0. The van der Waals surface area contributed by atoms with Crippen LogP contribution in [0.2, 0.25) is 0 Å². The van der Waals surface area contributed by atoms with E-state index < -0.39 is 13.4 Å². The van der Waals surface area contributed by atoms with Gasteiger partial charge in [-0.05, 0) is 30.2 Å². The summed E-state index contributed by atoms with van der Waals surface area (Å²) >= 11 is 0. The molecular weight excluding hydrogens is 319 g/mol. The average molecular weight is 332 g/mol. The number of phosphoric acid groups is 1. The number of aryl methyl sites for hydroxylation is 1. The normalized spacial score (nSPS) is 11.6. The molecule has 0 unspecified atom stereocenters. The molecule has 0 amide bonds. The van der Waals surface area contributed by atoms with Gasteiger partial charge >= 0.3 is 13.4 Å². The molecule has 0 aliphatic rings. The third-order valence-electron chi connectivity index (χ3n) is 3.41. The summed E-state index contributed by atoms with van der Waals surface area (Å²) in [6, 6.07) is 13.8. The molecule has 0 radical (unpaired) electrons. The van der Waals surface area contributed by atoms with E-state index >= 15 is 0 Å². The molecule has 3 rings (SSSR count). The van der Waals surface area contributed by atoms with Crippen molar-refractivity contribution in [2.24, 2.45) is 0 Å². The molecule has 0 aliphatic heterocycles. The SMILES string of the molecule is Cc1c(OP(=O)(O)O)ccc2c(-c3ccccc3)cc(=O)oc12. The van der Waals surface area contributed by atoms with Crippen LogP contribution in [0.15, 0.2) is 57.7 Å². The Hall–Kier alpha value is -2.40. The van der Waals surface area contributed by atoms with Gasteiger partial charge in [0.1, 0.15) is 11.3 Å². The smallest absolute Gasteiger partial charge is 0.422 e. The fourth-order valence-corrected chi connectivity index (χ4v) is 2.88. The summed E-state index contributed by atoms with van der Waals surface area (Å²) in [7, 11) is -4.69. The Kier molecular flexibility index (Phi) is 3.82. The van der Waals surface area contributed by atoms with Crippen LogP contribution in [0.3, 0.4) is 0 Å². The zero-order valence-corrected chi connectivity index (χ0v) is 13.0. The van der Waals surface area contributed by atoms with E-state index in [4.69, 9.17) is 14.2 Å². The first-order valence-electron chi connectivity index (χ1n) is 6.73. The van der Waals surface area contributed by atoms with Crippen LogP contribution in [-0.2, 0) is 4.57 Å². The predicted octanol–water partition coefficient (Wildman–Crippen LogP) is 3.24. The molecule has 0 saturated heterocycles. The first-order valence-corrected chi connectivity index (χ1v) is 8.26. The highest BCUT2D eigenvalue weighted by molar-refractivity contribution is 7.46. The third-order valence-corrected chi connectivity index (χ3v) is 3.85. The van der Waals surface area contributed by atoms with Gasteiger partial charge in [0.05, 0.1) is 0 Å². The molecule has 2 N–H and O–H groups in total. The summed E-state index contributed by atoms with van der Waals surface area (Å²) < 4.78 is 20.9. The monoisotopic (exact) mass is 332 g/mol. The summed E-state index contributed by atoms with van der Waals surface area (Å²) in [5.41, 5.74) is 1.56. The van der Waals surface area contributed by atoms with Gasteiger partial charge in [0.15, 0.2) is 0 Å². The molecule has 0 spiro atoms. The molecule has 23 heavy (non-hydrogen) atoms. The Labute approximate surface area is 131 Å². The van der Waals surface area contributed by atoms with Crippen molar-refractivity contribution in [2.45, 2.75) is 6.92 Å². The maximum atomic E-state index is 11.9. The topological polar surface area (TPSA) is 97.0 Å². The van der Waals surface area contributed by atoms with Gasteiger partial charge in [0.25, 0.3) is 0 Å². The second-order valence-corrected chi connectivity index (χ2v) is 6.16. The van der Waals surface area contributed by atoms with Gasteiger partial charge in [-0.1, -0.05) is 30.3 Å². The molecule has 0 bridgehead atoms. The number of hydrogen-bond acceptors (Lipinski definition) is 4. The Morgan fingerprint density at radius 2 is 1.78 bits per heavy atom. The molecule has 3 aromatic rings. The first-order chi connectivity index (χ1) is 10.8. The molecule has 2 aromatic carbocycles. The van der Waals surface area contributed by atoms with E-state index in [0.717, 1.165) is 5.56 Å². The molecular formula is C16H13O6P. The first kappa shape index (κ1) is 15.5. The molecule has 1 aromatic heterocycles. The summed E-state index contributed by atoms with van der Waals surface area (Å²) in [5.74, 6) is -0.0285. The van der Waals surface area contributed by atoms with Crippen LogP contribution in [0, 0.1) is 6.92 Å². The van der Waals surface area contributed by atoms with Crippen molar-refractivity contribution >= 4 is 18.8 Å². The lowest BCUT2D eigenvalue weighted by Gasteiger charge is -2.12. The zero-order chi connectivity index (χ0) is 16.6. The molecule has 0 aliphatic carbocycles. The second-order valence-electron chi connectivity index (χ2n) is 4.99. The summed E-state index contributed by atoms with van der Waals surface area (Å²) in [4.78, 5) is 29.8. The lowest BCUT2D eigenvalue weighted by atomic mass is 10.0. The van der Waals surface area contributed by atoms with Crippen LogP contribution in [0.1, 0.15) is 5.56 Å². The molecule has 0 saturated carbocycles. The van der Waals surface area contributed by atoms with Crippen LogP contribution in [-0.4, -0.2) is 9.79 Å². The van der Waals surface area contributed by atoms with Gasteiger partial charge in [-0.3, -0.25) is 9.79 Å². The third kappa shape index (κ3) is 3.19. The van der Waals surface area contributed by atoms with E-state index in [0.29, 0.717) is 16.5 Å². The van der Waals surface area contributed by atoms with Crippen LogP contribution < -0.4 is 10.1 Å². The van der Waals surface area contributed by atoms with Crippen molar-refractivity contribution in [2.75, 3.05) is 0 Å². The number of rotatable bonds is 3. The Morgan fingerprint density at radius 1 is 1.09 bits per heavy atom. The highest BCUT2D eigenvalue weighted by Crippen LogP contribution is 2.41. The molecule has 0 atom stereocenters. The maximum absolute atomic E-state index is 11.9. The van der Waals surface area contributed by atoms with Crippen LogP contribution in [0.5, 0.6) is 5.75 Å².